The smallest absolute Gasteiger partial charge is 0.249 e. The third kappa shape index (κ3) is 2.04. The molecule has 3 heteroatoms. The van der Waals surface area contributed by atoms with E-state index >= 15 is 0 Å². The van der Waals surface area contributed by atoms with Gasteiger partial charge in [0.15, 0.2) is 0 Å². The summed E-state index contributed by atoms with van der Waals surface area (Å²) in [4.78, 5) is 13.9. The van der Waals surface area contributed by atoms with Crippen LogP contribution < -0.4 is 5.32 Å². The van der Waals surface area contributed by atoms with Gasteiger partial charge in [-0.1, -0.05) is 18.2 Å². The Morgan fingerprint density at radius 2 is 2.36 bits per heavy atom. The standard InChI is InChI=1S/C11H16N2O/c14-11(10-4-6-12-7-5-10)13-8-2-1-3-9-13/h1-2,4,12H,3,5-9H2. The van der Waals surface area contributed by atoms with Crippen molar-refractivity contribution in [1.82, 2.24) is 10.2 Å². The quantitative estimate of drug-likeness (QED) is 0.620. The molecule has 2 rings (SSSR count). The van der Waals surface area contributed by atoms with Crippen LogP contribution in [0.5, 0.6) is 0 Å². The van der Waals surface area contributed by atoms with Crippen LogP contribution in [0.1, 0.15) is 12.8 Å². The zero-order valence-corrected chi connectivity index (χ0v) is 8.33. The molecule has 1 N–H and O–H groups in total. The molecule has 2 aliphatic rings. The molecule has 14 heavy (non-hydrogen) atoms. The highest BCUT2D eigenvalue weighted by Gasteiger charge is 2.18. The third-order valence-corrected chi connectivity index (χ3v) is 2.68. The van der Waals surface area contributed by atoms with Gasteiger partial charge >= 0.3 is 0 Å². The van der Waals surface area contributed by atoms with E-state index in [2.05, 4.69) is 17.5 Å². The number of nitrogens with zero attached hydrogens (tertiary/aromatic N) is 1. The summed E-state index contributed by atoms with van der Waals surface area (Å²) in [6.45, 7) is 3.43. The van der Waals surface area contributed by atoms with Crippen LogP contribution in [0.2, 0.25) is 0 Å². The molecule has 76 valence electrons. The predicted molar refractivity (Wildman–Crippen MR) is 55.9 cm³/mol. The van der Waals surface area contributed by atoms with Crippen LogP contribution in [0.15, 0.2) is 23.8 Å². The van der Waals surface area contributed by atoms with Crippen molar-refractivity contribution in [2.75, 3.05) is 26.2 Å². The Morgan fingerprint density at radius 1 is 1.43 bits per heavy atom. The molecule has 0 saturated heterocycles. The summed E-state index contributed by atoms with van der Waals surface area (Å²) in [7, 11) is 0. The van der Waals surface area contributed by atoms with Gasteiger partial charge in [-0.05, 0) is 19.4 Å². The van der Waals surface area contributed by atoms with Gasteiger partial charge < -0.3 is 10.2 Å². The van der Waals surface area contributed by atoms with Crippen molar-refractivity contribution in [2.45, 2.75) is 12.8 Å². The summed E-state index contributed by atoms with van der Waals surface area (Å²) in [6.07, 6.45) is 8.10. The maximum Gasteiger partial charge on any atom is 0.249 e. The minimum atomic E-state index is 0.232. The largest absolute Gasteiger partial charge is 0.335 e. The Bertz CT molecular complexity index is 281. The topological polar surface area (TPSA) is 32.3 Å². The van der Waals surface area contributed by atoms with E-state index in [-0.39, 0.29) is 5.91 Å². The number of carbonyl (C=O) groups excluding carboxylic acids is 1. The van der Waals surface area contributed by atoms with Crippen LogP contribution >= 0.6 is 0 Å². The fourth-order valence-corrected chi connectivity index (χ4v) is 1.85. The van der Waals surface area contributed by atoms with E-state index in [0.717, 1.165) is 44.6 Å². The number of hydrogen-bond acceptors (Lipinski definition) is 2. The molecule has 0 fully saturated rings. The molecule has 0 aliphatic carbocycles. The van der Waals surface area contributed by atoms with Gasteiger partial charge in [0.2, 0.25) is 5.91 Å². The molecule has 0 aromatic rings. The van der Waals surface area contributed by atoms with E-state index in [9.17, 15) is 4.79 Å². The second-order valence-corrected chi connectivity index (χ2v) is 3.69. The Hall–Kier alpha value is -1.09. The van der Waals surface area contributed by atoms with Crippen molar-refractivity contribution in [2.24, 2.45) is 0 Å². The Labute approximate surface area is 84.5 Å². The van der Waals surface area contributed by atoms with E-state index in [1.807, 2.05) is 11.0 Å². The number of hydrogen-bond donors (Lipinski definition) is 1. The fourth-order valence-electron chi connectivity index (χ4n) is 1.85. The highest BCUT2D eigenvalue weighted by atomic mass is 16.2. The van der Waals surface area contributed by atoms with Crippen molar-refractivity contribution in [3.05, 3.63) is 23.8 Å². The number of rotatable bonds is 1. The normalized spacial score (nSPS) is 22.0. The van der Waals surface area contributed by atoms with Gasteiger partial charge in [-0.15, -0.1) is 0 Å². The lowest BCUT2D eigenvalue weighted by atomic mass is 10.1. The summed E-state index contributed by atoms with van der Waals surface area (Å²) in [5.74, 6) is 0.232. The summed E-state index contributed by atoms with van der Waals surface area (Å²) in [6, 6.07) is 0. The zero-order chi connectivity index (χ0) is 9.80. The monoisotopic (exact) mass is 192 g/mol. The number of carbonyl (C=O) groups is 1. The molecule has 0 bridgehead atoms. The fraction of sp³-hybridized carbons (Fsp3) is 0.545. The Kier molecular flexibility index (Phi) is 2.99. The first-order chi connectivity index (χ1) is 6.88. The Morgan fingerprint density at radius 3 is 3.00 bits per heavy atom. The van der Waals surface area contributed by atoms with Crippen LogP contribution in [0.3, 0.4) is 0 Å². The van der Waals surface area contributed by atoms with Gasteiger partial charge in [-0.2, -0.15) is 0 Å². The van der Waals surface area contributed by atoms with E-state index in [1.54, 1.807) is 0 Å². The van der Waals surface area contributed by atoms with Gasteiger partial charge in [-0.3, -0.25) is 4.79 Å². The van der Waals surface area contributed by atoms with Crippen molar-refractivity contribution in [3.8, 4) is 0 Å². The number of amides is 1. The SMILES string of the molecule is O=C(C1=CCNCC1)N1CC=CCC1. The van der Waals surface area contributed by atoms with Gasteiger partial charge in [0, 0.05) is 25.2 Å². The molecule has 3 nitrogen and oxygen atoms in total. The summed E-state index contributed by atoms with van der Waals surface area (Å²) in [5.41, 5.74) is 0.985. The molecular weight excluding hydrogens is 176 g/mol. The summed E-state index contributed by atoms with van der Waals surface area (Å²) >= 11 is 0. The van der Waals surface area contributed by atoms with Crippen LogP contribution in [-0.4, -0.2) is 37.0 Å². The second kappa shape index (κ2) is 4.42. The lowest BCUT2D eigenvalue weighted by Gasteiger charge is -2.25. The average Bonchev–Trinajstić information content (AvgIpc) is 2.30. The molecule has 1 amide bonds. The van der Waals surface area contributed by atoms with Crippen LogP contribution in [0.4, 0.5) is 0 Å². The minimum Gasteiger partial charge on any atom is -0.335 e. The Balaban J connectivity index is 1.99. The van der Waals surface area contributed by atoms with Crippen LogP contribution in [0.25, 0.3) is 0 Å². The molecule has 2 heterocycles. The van der Waals surface area contributed by atoms with E-state index in [1.165, 1.54) is 0 Å². The third-order valence-electron chi connectivity index (χ3n) is 2.68. The first-order valence-electron chi connectivity index (χ1n) is 5.22. The molecule has 0 atom stereocenters. The molecule has 0 aromatic carbocycles. The molecule has 0 radical (unpaired) electrons. The molecule has 0 aromatic heterocycles. The maximum atomic E-state index is 11.9. The van der Waals surface area contributed by atoms with E-state index in [0.29, 0.717) is 0 Å². The molecule has 0 spiro atoms. The number of nitrogens with one attached hydrogen (secondary N) is 1. The summed E-state index contributed by atoms with van der Waals surface area (Å²) in [5, 5.41) is 3.21. The van der Waals surface area contributed by atoms with Crippen molar-refractivity contribution >= 4 is 5.91 Å². The highest BCUT2D eigenvalue weighted by molar-refractivity contribution is 5.93. The van der Waals surface area contributed by atoms with Crippen molar-refractivity contribution < 1.29 is 4.79 Å². The zero-order valence-electron chi connectivity index (χ0n) is 8.33. The lowest BCUT2D eigenvalue weighted by Crippen LogP contribution is -2.37. The van der Waals surface area contributed by atoms with E-state index < -0.39 is 0 Å². The van der Waals surface area contributed by atoms with Gasteiger partial charge in [-0.25, -0.2) is 0 Å². The van der Waals surface area contributed by atoms with Gasteiger partial charge in [0.05, 0.1) is 0 Å². The molecule has 0 saturated carbocycles. The predicted octanol–water partition coefficient (Wildman–Crippen LogP) is 0.695. The lowest BCUT2D eigenvalue weighted by molar-refractivity contribution is -0.127. The van der Waals surface area contributed by atoms with Crippen molar-refractivity contribution in [1.29, 1.82) is 0 Å². The van der Waals surface area contributed by atoms with Crippen molar-refractivity contribution in [3.63, 3.8) is 0 Å². The first-order valence-corrected chi connectivity index (χ1v) is 5.22. The summed E-state index contributed by atoms with van der Waals surface area (Å²) < 4.78 is 0. The minimum absolute atomic E-state index is 0.232. The first kappa shape index (κ1) is 9.46. The van der Waals surface area contributed by atoms with Crippen LogP contribution in [-0.2, 0) is 4.79 Å². The maximum absolute atomic E-state index is 11.9. The highest BCUT2D eigenvalue weighted by Crippen LogP contribution is 2.11. The average molecular weight is 192 g/mol. The van der Waals surface area contributed by atoms with E-state index in [4.69, 9.17) is 0 Å². The molecule has 2 aliphatic heterocycles. The van der Waals surface area contributed by atoms with Gasteiger partial charge in [0.25, 0.3) is 0 Å². The van der Waals surface area contributed by atoms with Crippen LogP contribution in [0, 0.1) is 0 Å². The second-order valence-electron chi connectivity index (χ2n) is 3.69. The molecule has 0 unspecified atom stereocenters. The van der Waals surface area contributed by atoms with Gasteiger partial charge in [0.1, 0.15) is 0 Å². The molecular formula is C11H16N2O.